The second-order valence-corrected chi connectivity index (χ2v) is 4.15. The van der Waals surface area contributed by atoms with Gasteiger partial charge in [0.25, 0.3) is 0 Å². The molecule has 3 rings (SSSR count). The number of H-pyrrole nitrogens is 1. The number of hydrogen-bond donors (Lipinski definition) is 2. The molecule has 0 unspecified atom stereocenters. The van der Waals surface area contributed by atoms with Crippen molar-refractivity contribution >= 4 is 10.9 Å². The molecule has 2 heteroatoms. The van der Waals surface area contributed by atoms with Crippen molar-refractivity contribution in [3.8, 4) is 0 Å². The first kappa shape index (κ1) is 8.06. The summed E-state index contributed by atoms with van der Waals surface area (Å²) in [7, 11) is 0. The number of fused-ring (bicyclic) bond motifs is 1. The van der Waals surface area contributed by atoms with Gasteiger partial charge in [0.15, 0.2) is 0 Å². The summed E-state index contributed by atoms with van der Waals surface area (Å²) in [5.41, 5.74) is 8.70. The van der Waals surface area contributed by atoms with E-state index in [1.165, 1.54) is 29.3 Å². The zero-order valence-electron chi connectivity index (χ0n) is 8.03. The molecule has 1 aliphatic carbocycles. The second-order valence-electron chi connectivity index (χ2n) is 4.15. The largest absolute Gasteiger partial charge is 0.361 e. The summed E-state index contributed by atoms with van der Waals surface area (Å²) in [6, 6.07) is 8.68. The van der Waals surface area contributed by atoms with Gasteiger partial charge in [-0.1, -0.05) is 12.1 Å². The Morgan fingerprint density at radius 2 is 2.14 bits per heavy atom. The van der Waals surface area contributed by atoms with E-state index in [1.807, 2.05) is 6.20 Å². The average Bonchev–Trinajstić information content (AvgIpc) is 2.94. The summed E-state index contributed by atoms with van der Waals surface area (Å²) in [4.78, 5) is 3.22. The molecule has 0 bridgehead atoms. The van der Waals surface area contributed by atoms with Gasteiger partial charge in [-0.15, -0.1) is 0 Å². The minimum Gasteiger partial charge on any atom is -0.361 e. The molecule has 1 fully saturated rings. The Morgan fingerprint density at radius 1 is 1.29 bits per heavy atom. The highest BCUT2D eigenvalue weighted by Crippen LogP contribution is 2.41. The van der Waals surface area contributed by atoms with Crippen LogP contribution in [0.4, 0.5) is 0 Å². The van der Waals surface area contributed by atoms with Crippen molar-refractivity contribution in [2.45, 2.75) is 18.9 Å². The van der Waals surface area contributed by atoms with Crippen molar-refractivity contribution in [1.82, 2.24) is 4.98 Å². The van der Waals surface area contributed by atoms with E-state index in [9.17, 15) is 0 Å². The Morgan fingerprint density at radius 3 is 2.93 bits per heavy atom. The lowest BCUT2D eigenvalue weighted by atomic mass is 10.00. The molecule has 1 atom stereocenters. The zero-order chi connectivity index (χ0) is 9.54. The molecule has 0 amide bonds. The fourth-order valence-electron chi connectivity index (χ4n) is 2.11. The Kier molecular flexibility index (Phi) is 1.64. The molecule has 3 N–H and O–H groups in total. The van der Waals surface area contributed by atoms with Gasteiger partial charge in [0.2, 0.25) is 0 Å². The van der Waals surface area contributed by atoms with E-state index in [2.05, 4.69) is 29.2 Å². The van der Waals surface area contributed by atoms with E-state index in [4.69, 9.17) is 5.73 Å². The number of hydrogen-bond acceptors (Lipinski definition) is 1. The maximum Gasteiger partial charge on any atom is 0.0457 e. The fourth-order valence-corrected chi connectivity index (χ4v) is 2.11. The highest BCUT2D eigenvalue weighted by molar-refractivity contribution is 5.83. The SMILES string of the molecule is N[C@H](c1cccc2[nH]ccc12)C1CC1. The van der Waals surface area contributed by atoms with Gasteiger partial charge in [0.05, 0.1) is 0 Å². The third-order valence-electron chi connectivity index (χ3n) is 3.12. The summed E-state index contributed by atoms with van der Waals surface area (Å²) in [5, 5.41) is 1.28. The van der Waals surface area contributed by atoms with Crippen LogP contribution in [0.5, 0.6) is 0 Å². The topological polar surface area (TPSA) is 41.8 Å². The van der Waals surface area contributed by atoms with Crippen LogP contribution in [0, 0.1) is 5.92 Å². The maximum atomic E-state index is 6.21. The molecule has 0 radical (unpaired) electrons. The molecule has 1 aromatic carbocycles. The zero-order valence-corrected chi connectivity index (χ0v) is 8.03. The standard InChI is InChI=1S/C12H14N2/c13-12(8-4-5-8)10-2-1-3-11-9(10)6-7-14-11/h1-3,6-8,12,14H,4-5,13H2/t12-/m0/s1. The van der Waals surface area contributed by atoms with E-state index in [0.717, 1.165) is 5.92 Å². The van der Waals surface area contributed by atoms with Gasteiger partial charge >= 0.3 is 0 Å². The highest BCUT2D eigenvalue weighted by atomic mass is 14.7. The van der Waals surface area contributed by atoms with Crippen molar-refractivity contribution in [3.63, 3.8) is 0 Å². The van der Waals surface area contributed by atoms with Gasteiger partial charge < -0.3 is 10.7 Å². The Hall–Kier alpha value is -1.28. The van der Waals surface area contributed by atoms with E-state index in [-0.39, 0.29) is 6.04 Å². The monoisotopic (exact) mass is 186 g/mol. The summed E-state index contributed by atoms with van der Waals surface area (Å²) in [6.45, 7) is 0. The third-order valence-corrected chi connectivity index (χ3v) is 3.12. The number of nitrogens with one attached hydrogen (secondary N) is 1. The summed E-state index contributed by atoms with van der Waals surface area (Å²) in [6.07, 6.45) is 4.57. The number of nitrogens with two attached hydrogens (primary N) is 1. The molecule has 72 valence electrons. The van der Waals surface area contributed by atoms with Crippen LogP contribution in [0.15, 0.2) is 30.5 Å². The van der Waals surface area contributed by atoms with Gasteiger partial charge in [-0.2, -0.15) is 0 Å². The van der Waals surface area contributed by atoms with Crippen LogP contribution >= 0.6 is 0 Å². The first-order valence-electron chi connectivity index (χ1n) is 5.18. The van der Waals surface area contributed by atoms with Crippen molar-refractivity contribution in [2.75, 3.05) is 0 Å². The molecule has 14 heavy (non-hydrogen) atoms. The lowest BCUT2D eigenvalue weighted by molar-refractivity contribution is 0.638. The predicted octanol–water partition coefficient (Wildman–Crippen LogP) is 2.58. The number of aromatic amines is 1. The summed E-state index contributed by atoms with van der Waals surface area (Å²) in [5.74, 6) is 0.718. The van der Waals surface area contributed by atoms with E-state index < -0.39 is 0 Å². The first-order valence-corrected chi connectivity index (χ1v) is 5.18. The van der Waals surface area contributed by atoms with E-state index >= 15 is 0 Å². The highest BCUT2D eigenvalue weighted by Gasteiger charge is 2.30. The molecule has 2 aromatic rings. The minimum absolute atomic E-state index is 0.231. The van der Waals surface area contributed by atoms with Crippen LogP contribution in [0.1, 0.15) is 24.4 Å². The molecule has 1 saturated carbocycles. The minimum atomic E-state index is 0.231. The molecular weight excluding hydrogens is 172 g/mol. The second kappa shape index (κ2) is 2.85. The van der Waals surface area contributed by atoms with Crippen LogP contribution in [0.25, 0.3) is 10.9 Å². The predicted molar refractivity (Wildman–Crippen MR) is 58.0 cm³/mol. The molecule has 2 nitrogen and oxygen atoms in total. The van der Waals surface area contributed by atoms with Gasteiger partial charge in [-0.05, 0) is 36.5 Å². The Labute approximate surface area is 83.1 Å². The Balaban J connectivity index is 2.14. The van der Waals surface area contributed by atoms with Crippen molar-refractivity contribution < 1.29 is 0 Å². The van der Waals surface area contributed by atoms with Crippen molar-refractivity contribution in [2.24, 2.45) is 11.7 Å². The molecule has 0 aliphatic heterocycles. The van der Waals surface area contributed by atoms with Crippen LogP contribution in [-0.4, -0.2) is 4.98 Å². The quantitative estimate of drug-likeness (QED) is 0.743. The van der Waals surface area contributed by atoms with E-state index in [1.54, 1.807) is 0 Å². The Bertz CT molecular complexity index is 454. The van der Waals surface area contributed by atoms with Gasteiger partial charge in [0, 0.05) is 23.1 Å². The number of benzene rings is 1. The van der Waals surface area contributed by atoms with Crippen LogP contribution < -0.4 is 5.73 Å². The van der Waals surface area contributed by atoms with Crippen LogP contribution in [-0.2, 0) is 0 Å². The van der Waals surface area contributed by atoms with Crippen molar-refractivity contribution in [1.29, 1.82) is 0 Å². The summed E-state index contributed by atoms with van der Waals surface area (Å²) < 4.78 is 0. The number of aromatic nitrogens is 1. The fraction of sp³-hybridized carbons (Fsp3) is 0.333. The number of rotatable bonds is 2. The van der Waals surface area contributed by atoms with E-state index in [0.29, 0.717) is 0 Å². The van der Waals surface area contributed by atoms with Crippen LogP contribution in [0.2, 0.25) is 0 Å². The average molecular weight is 186 g/mol. The smallest absolute Gasteiger partial charge is 0.0457 e. The first-order chi connectivity index (χ1) is 6.86. The molecule has 1 aromatic heterocycles. The van der Waals surface area contributed by atoms with Gasteiger partial charge in [-0.3, -0.25) is 0 Å². The normalized spacial score (nSPS) is 18.6. The lowest BCUT2D eigenvalue weighted by Gasteiger charge is -2.11. The maximum absolute atomic E-state index is 6.21. The van der Waals surface area contributed by atoms with Gasteiger partial charge in [-0.25, -0.2) is 0 Å². The summed E-state index contributed by atoms with van der Waals surface area (Å²) >= 11 is 0. The molecule has 1 aliphatic rings. The lowest BCUT2D eigenvalue weighted by Crippen LogP contribution is -2.12. The molecule has 0 saturated heterocycles. The third kappa shape index (κ3) is 1.15. The molecule has 0 spiro atoms. The van der Waals surface area contributed by atoms with Gasteiger partial charge in [0.1, 0.15) is 0 Å². The molecule has 1 heterocycles. The van der Waals surface area contributed by atoms with Crippen LogP contribution in [0.3, 0.4) is 0 Å². The molecular formula is C12H14N2. The van der Waals surface area contributed by atoms with Crippen molar-refractivity contribution in [3.05, 3.63) is 36.0 Å².